The van der Waals surface area contributed by atoms with Crippen molar-refractivity contribution in [3.8, 4) is 0 Å². The molecule has 0 bridgehead atoms. The van der Waals surface area contributed by atoms with Crippen LogP contribution in [0.1, 0.15) is 54.1 Å². The predicted molar refractivity (Wildman–Crippen MR) is 132 cm³/mol. The molecule has 0 spiro atoms. The fourth-order valence-electron chi connectivity index (χ4n) is 4.31. The Labute approximate surface area is 200 Å². The summed E-state index contributed by atoms with van der Waals surface area (Å²) < 4.78 is 25.9. The van der Waals surface area contributed by atoms with Crippen LogP contribution >= 0.6 is 0 Å². The third kappa shape index (κ3) is 5.72. The summed E-state index contributed by atoms with van der Waals surface area (Å²) in [4.78, 5) is 25.9. The van der Waals surface area contributed by atoms with E-state index in [9.17, 15) is 18.0 Å². The number of hydrogen-bond acceptors (Lipinski definition) is 4. The molecule has 0 aromatic heterocycles. The van der Waals surface area contributed by atoms with Crippen LogP contribution in [0.2, 0.25) is 0 Å². The van der Waals surface area contributed by atoms with Crippen LogP contribution < -0.4 is 10.6 Å². The molecule has 0 aliphatic heterocycles. The smallest absolute Gasteiger partial charge is 0.251 e. The summed E-state index contributed by atoms with van der Waals surface area (Å²) in [6, 6.07) is 24.0. The normalized spacial score (nSPS) is 14.9. The molecule has 0 heterocycles. The predicted octanol–water partition coefficient (Wildman–Crippen LogP) is 4.90. The Kier molecular flexibility index (Phi) is 7.43. The summed E-state index contributed by atoms with van der Waals surface area (Å²) in [5, 5.41) is 5.39. The van der Waals surface area contributed by atoms with E-state index in [2.05, 4.69) is 10.6 Å². The standard InChI is InChI=1S/C27H28N2O4S/c30-26(28-22-14-9-17-24(18-22)34(32,33)23-15-7-8-16-23)19-25(20-10-3-1-4-11-20)29-27(31)21-12-5-2-6-13-21/h1-6,9-14,17-18,23,25H,7-8,15-16,19H2,(H,28,30)(H,29,31). The fraction of sp³-hybridized carbons (Fsp3) is 0.259. The highest BCUT2D eigenvalue weighted by atomic mass is 32.2. The number of carbonyl (C=O) groups is 2. The topological polar surface area (TPSA) is 92.3 Å². The first-order chi connectivity index (χ1) is 16.4. The van der Waals surface area contributed by atoms with Crippen molar-refractivity contribution in [3.05, 3.63) is 96.1 Å². The molecule has 3 aromatic carbocycles. The molecule has 176 valence electrons. The molecule has 0 saturated heterocycles. The van der Waals surface area contributed by atoms with Crippen LogP contribution in [-0.4, -0.2) is 25.5 Å². The number of carbonyl (C=O) groups excluding carboxylic acids is 2. The van der Waals surface area contributed by atoms with Gasteiger partial charge in [0.25, 0.3) is 5.91 Å². The summed E-state index contributed by atoms with van der Waals surface area (Å²) in [5.74, 6) is -0.593. The minimum atomic E-state index is -3.42. The zero-order valence-corrected chi connectivity index (χ0v) is 19.6. The molecule has 34 heavy (non-hydrogen) atoms. The second-order valence-electron chi connectivity index (χ2n) is 8.53. The van der Waals surface area contributed by atoms with E-state index >= 15 is 0 Å². The molecule has 1 atom stereocenters. The van der Waals surface area contributed by atoms with Crippen molar-refractivity contribution in [2.24, 2.45) is 0 Å². The molecular formula is C27H28N2O4S. The number of anilines is 1. The highest BCUT2D eigenvalue weighted by Gasteiger charge is 2.30. The van der Waals surface area contributed by atoms with Gasteiger partial charge in [-0.15, -0.1) is 0 Å². The molecule has 2 amide bonds. The molecule has 2 N–H and O–H groups in total. The zero-order chi connectivity index (χ0) is 24.0. The SMILES string of the molecule is O=C(CC(NC(=O)c1ccccc1)c1ccccc1)Nc1cccc(S(=O)(=O)C2CCCC2)c1. The van der Waals surface area contributed by atoms with Crippen LogP contribution in [0.3, 0.4) is 0 Å². The molecule has 1 aliphatic carbocycles. The summed E-state index contributed by atoms with van der Waals surface area (Å²) in [7, 11) is -3.42. The molecule has 7 heteroatoms. The lowest BCUT2D eigenvalue weighted by Crippen LogP contribution is -2.31. The molecule has 1 unspecified atom stereocenters. The maximum Gasteiger partial charge on any atom is 0.251 e. The number of hydrogen-bond donors (Lipinski definition) is 2. The average Bonchev–Trinajstić information content (AvgIpc) is 3.41. The van der Waals surface area contributed by atoms with E-state index in [1.54, 1.807) is 42.5 Å². The quantitative estimate of drug-likeness (QED) is 0.484. The van der Waals surface area contributed by atoms with Gasteiger partial charge in [-0.25, -0.2) is 8.42 Å². The second-order valence-corrected chi connectivity index (χ2v) is 10.8. The van der Waals surface area contributed by atoms with Gasteiger partial charge in [-0.3, -0.25) is 9.59 Å². The molecule has 6 nitrogen and oxygen atoms in total. The fourth-order valence-corrected chi connectivity index (χ4v) is 6.21. The van der Waals surface area contributed by atoms with Gasteiger partial charge in [-0.05, 0) is 48.7 Å². The molecule has 0 radical (unpaired) electrons. The third-order valence-corrected chi connectivity index (χ3v) is 8.38. The van der Waals surface area contributed by atoms with Crippen molar-refractivity contribution in [2.45, 2.75) is 48.3 Å². The molecular weight excluding hydrogens is 448 g/mol. The van der Waals surface area contributed by atoms with Gasteiger partial charge < -0.3 is 10.6 Å². The third-order valence-electron chi connectivity index (χ3n) is 6.12. The number of benzene rings is 3. The van der Waals surface area contributed by atoms with Crippen molar-refractivity contribution in [1.82, 2.24) is 5.32 Å². The summed E-state index contributed by atoms with van der Waals surface area (Å²) in [6.45, 7) is 0. The van der Waals surface area contributed by atoms with E-state index in [0.29, 0.717) is 24.1 Å². The van der Waals surface area contributed by atoms with Crippen LogP contribution in [-0.2, 0) is 14.6 Å². The number of sulfone groups is 1. The van der Waals surface area contributed by atoms with Gasteiger partial charge >= 0.3 is 0 Å². The monoisotopic (exact) mass is 476 g/mol. The first-order valence-corrected chi connectivity index (χ1v) is 13.0. The van der Waals surface area contributed by atoms with Crippen LogP contribution in [0, 0.1) is 0 Å². The van der Waals surface area contributed by atoms with E-state index < -0.39 is 15.9 Å². The summed E-state index contributed by atoms with van der Waals surface area (Å²) in [6.07, 6.45) is 3.21. The molecule has 1 fully saturated rings. The zero-order valence-electron chi connectivity index (χ0n) is 18.8. The Bertz CT molecular complexity index is 1240. The van der Waals surface area contributed by atoms with E-state index in [0.717, 1.165) is 18.4 Å². The molecule has 3 aromatic rings. The molecule has 4 rings (SSSR count). The second kappa shape index (κ2) is 10.7. The Balaban J connectivity index is 1.48. The van der Waals surface area contributed by atoms with Gasteiger partial charge in [0.15, 0.2) is 9.84 Å². The van der Waals surface area contributed by atoms with E-state index in [4.69, 9.17) is 0 Å². The van der Waals surface area contributed by atoms with Gasteiger partial charge in [0.1, 0.15) is 0 Å². The van der Waals surface area contributed by atoms with Crippen molar-refractivity contribution < 1.29 is 18.0 Å². The van der Waals surface area contributed by atoms with Gasteiger partial charge in [-0.1, -0.05) is 67.4 Å². The number of rotatable bonds is 8. The van der Waals surface area contributed by atoms with E-state index in [1.165, 1.54) is 6.07 Å². The Morgan fingerprint density at radius 1 is 0.853 bits per heavy atom. The van der Waals surface area contributed by atoms with Crippen molar-refractivity contribution in [3.63, 3.8) is 0 Å². The largest absolute Gasteiger partial charge is 0.345 e. The van der Waals surface area contributed by atoms with Crippen molar-refractivity contribution >= 4 is 27.3 Å². The van der Waals surface area contributed by atoms with Gasteiger partial charge in [0.2, 0.25) is 5.91 Å². The van der Waals surface area contributed by atoms with Crippen LogP contribution in [0.15, 0.2) is 89.8 Å². The van der Waals surface area contributed by atoms with Crippen molar-refractivity contribution in [2.75, 3.05) is 5.32 Å². The lowest BCUT2D eigenvalue weighted by Gasteiger charge is -2.19. The highest BCUT2D eigenvalue weighted by Crippen LogP contribution is 2.30. The number of nitrogens with one attached hydrogen (secondary N) is 2. The lowest BCUT2D eigenvalue weighted by molar-refractivity contribution is -0.116. The lowest BCUT2D eigenvalue weighted by atomic mass is 10.0. The summed E-state index contributed by atoms with van der Waals surface area (Å²) >= 11 is 0. The Hall–Kier alpha value is -3.45. The maximum absolute atomic E-state index is 12.9. The van der Waals surface area contributed by atoms with E-state index in [-0.39, 0.29) is 28.4 Å². The summed E-state index contributed by atoms with van der Waals surface area (Å²) in [5.41, 5.74) is 1.73. The van der Waals surface area contributed by atoms with Gasteiger partial charge in [0.05, 0.1) is 22.6 Å². The van der Waals surface area contributed by atoms with Crippen LogP contribution in [0.5, 0.6) is 0 Å². The number of amides is 2. The van der Waals surface area contributed by atoms with E-state index in [1.807, 2.05) is 36.4 Å². The molecule has 1 saturated carbocycles. The first kappa shape index (κ1) is 23.7. The van der Waals surface area contributed by atoms with Crippen LogP contribution in [0.4, 0.5) is 5.69 Å². The Morgan fingerprint density at radius 2 is 1.50 bits per heavy atom. The minimum Gasteiger partial charge on any atom is -0.345 e. The van der Waals surface area contributed by atoms with Crippen molar-refractivity contribution in [1.29, 1.82) is 0 Å². The van der Waals surface area contributed by atoms with Gasteiger partial charge in [-0.2, -0.15) is 0 Å². The highest BCUT2D eigenvalue weighted by molar-refractivity contribution is 7.92. The average molecular weight is 477 g/mol. The van der Waals surface area contributed by atoms with Gasteiger partial charge in [0, 0.05) is 11.3 Å². The maximum atomic E-state index is 12.9. The van der Waals surface area contributed by atoms with Crippen LogP contribution in [0.25, 0.3) is 0 Å². The molecule has 1 aliphatic rings. The Morgan fingerprint density at radius 3 is 2.18 bits per heavy atom. The minimum absolute atomic E-state index is 0.00217. The first-order valence-electron chi connectivity index (χ1n) is 11.5.